The Hall–Kier alpha value is -1.24. The number of nitrogens with zero attached hydrogens (tertiary/aromatic N) is 2. The summed E-state index contributed by atoms with van der Waals surface area (Å²) < 4.78 is 11.3. The number of hydrogen-bond acceptors (Lipinski definition) is 7. The van der Waals surface area contributed by atoms with Gasteiger partial charge in [-0.05, 0) is 69.6 Å². The third-order valence-corrected chi connectivity index (χ3v) is 8.57. The monoisotopic (exact) mass is 475 g/mol. The van der Waals surface area contributed by atoms with Gasteiger partial charge < -0.3 is 14.4 Å². The SMILES string of the molecule is COC1CCC(C2CNC(NC3CCCC(C(=O)N(CCC#N)CC4CCCO4)C3)NC2)CC1. The minimum atomic E-state index is 0.0404. The molecule has 8 nitrogen and oxygen atoms in total. The molecule has 0 spiro atoms. The molecule has 1 amide bonds. The quantitative estimate of drug-likeness (QED) is 0.471. The molecule has 0 bridgehead atoms. The number of amides is 1. The van der Waals surface area contributed by atoms with Gasteiger partial charge in [0.2, 0.25) is 5.91 Å². The van der Waals surface area contributed by atoms with E-state index in [0.29, 0.717) is 37.6 Å². The fourth-order valence-corrected chi connectivity index (χ4v) is 6.50. The van der Waals surface area contributed by atoms with Crippen LogP contribution in [0.25, 0.3) is 0 Å². The van der Waals surface area contributed by atoms with Gasteiger partial charge in [0.15, 0.2) is 0 Å². The predicted molar refractivity (Wildman–Crippen MR) is 131 cm³/mol. The lowest BCUT2D eigenvalue weighted by atomic mass is 9.78. The first kappa shape index (κ1) is 25.8. The van der Waals surface area contributed by atoms with Gasteiger partial charge in [-0.25, -0.2) is 0 Å². The Morgan fingerprint density at radius 3 is 2.56 bits per heavy atom. The first-order valence-electron chi connectivity index (χ1n) is 13.7. The smallest absolute Gasteiger partial charge is 0.225 e. The highest BCUT2D eigenvalue weighted by atomic mass is 16.5. The molecule has 2 aliphatic carbocycles. The molecule has 3 unspecified atom stereocenters. The molecule has 0 aromatic heterocycles. The largest absolute Gasteiger partial charge is 0.381 e. The van der Waals surface area contributed by atoms with Crippen molar-refractivity contribution < 1.29 is 14.3 Å². The summed E-state index contributed by atoms with van der Waals surface area (Å²) in [6.07, 6.45) is 12.1. The van der Waals surface area contributed by atoms with Crippen LogP contribution in [0.2, 0.25) is 0 Å². The van der Waals surface area contributed by atoms with E-state index in [2.05, 4.69) is 22.0 Å². The number of rotatable bonds is 9. The fourth-order valence-electron chi connectivity index (χ4n) is 6.50. The van der Waals surface area contributed by atoms with Gasteiger partial charge in [0, 0.05) is 51.9 Å². The summed E-state index contributed by atoms with van der Waals surface area (Å²) in [5.41, 5.74) is 0. The Bertz CT molecular complexity index is 664. The average molecular weight is 476 g/mol. The van der Waals surface area contributed by atoms with E-state index >= 15 is 0 Å². The Labute approximate surface area is 205 Å². The van der Waals surface area contributed by atoms with Gasteiger partial charge in [-0.2, -0.15) is 5.26 Å². The Morgan fingerprint density at radius 1 is 1.09 bits per heavy atom. The normalized spacial score (nSPS) is 36.6. The average Bonchev–Trinajstić information content (AvgIpc) is 3.40. The number of carbonyl (C=O) groups is 1. The van der Waals surface area contributed by atoms with E-state index in [1.807, 2.05) is 12.0 Å². The molecule has 4 rings (SSSR count). The van der Waals surface area contributed by atoms with E-state index in [9.17, 15) is 4.79 Å². The number of hydrogen-bond donors (Lipinski definition) is 3. The molecule has 4 aliphatic rings. The molecule has 2 aliphatic heterocycles. The first-order valence-corrected chi connectivity index (χ1v) is 13.7. The molecule has 2 saturated carbocycles. The highest BCUT2D eigenvalue weighted by Crippen LogP contribution is 2.32. The van der Waals surface area contributed by atoms with Crippen LogP contribution in [0.15, 0.2) is 0 Å². The zero-order chi connectivity index (χ0) is 23.8. The van der Waals surface area contributed by atoms with Crippen LogP contribution in [0.4, 0.5) is 0 Å². The van der Waals surface area contributed by atoms with Crippen LogP contribution < -0.4 is 16.0 Å². The van der Waals surface area contributed by atoms with Crippen molar-refractivity contribution in [1.82, 2.24) is 20.9 Å². The fraction of sp³-hybridized carbons (Fsp3) is 0.923. The summed E-state index contributed by atoms with van der Waals surface area (Å²) in [6, 6.07) is 2.54. The van der Waals surface area contributed by atoms with Crippen LogP contribution in [0.3, 0.4) is 0 Å². The molecule has 0 radical (unpaired) electrons. The number of carbonyl (C=O) groups excluding carboxylic acids is 1. The zero-order valence-electron chi connectivity index (χ0n) is 21.0. The van der Waals surface area contributed by atoms with Gasteiger partial charge >= 0.3 is 0 Å². The lowest BCUT2D eigenvalue weighted by molar-refractivity contribution is -0.138. The van der Waals surface area contributed by atoms with Gasteiger partial charge in [-0.15, -0.1) is 0 Å². The van der Waals surface area contributed by atoms with Gasteiger partial charge in [0.25, 0.3) is 0 Å². The van der Waals surface area contributed by atoms with E-state index < -0.39 is 0 Å². The van der Waals surface area contributed by atoms with Crippen LogP contribution in [0.5, 0.6) is 0 Å². The van der Waals surface area contributed by atoms with Gasteiger partial charge in [0.05, 0.1) is 24.7 Å². The minimum absolute atomic E-state index is 0.0404. The number of methoxy groups -OCH3 is 1. The lowest BCUT2D eigenvalue weighted by Crippen LogP contribution is -2.63. The second-order valence-electron chi connectivity index (χ2n) is 10.8. The maximum atomic E-state index is 13.4. The molecule has 34 heavy (non-hydrogen) atoms. The van der Waals surface area contributed by atoms with Crippen LogP contribution in [0.1, 0.15) is 70.6 Å². The predicted octanol–water partition coefficient (Wildman–Crippen LogP) is 2.35. The highest BCUT2D eigenvalue weighted by Gasteiger charge is 2.34. The van der Waals surface area contributed by atoms with E-state index in [1.54, 1.807) is 0 Å². The third-order valence-electron chi connectivity index (χ3n) is 8.57. The van der Waals surface area contributed by atoms with Crippen LogP contribution in [-0.2, 0) is 14.3 Å². The molecule has 0 aromatic carbocycles. The molecule has 3 atom stereocenters. The molecule has 3 N–H and O–H groups in total. The molecule has 0 aromatic rings. The topological polar surface area (TPSA) is 98.7 Å². The Kier molecular flexibility index (Phi) is 10.0. The van der Waals surface area contributed by atoms with Gasteiger partial charge in [-0.3, -0.25) is 20.7 Å². The van der Waals surface area contributed by atoms with Crippen molar-refractivity contribution in [3.8, 4) is 6.07 Å². The van der Waals surface area contributed by atoms with Crippen molar-refractivity contribution >= 4 is 5.91 Å². The summed E-state index contributed by atoms with van der Waals surface area (Å²) in [6.45, 7) is 4.03. The second kappa shape index (κ2) is 13.2. The standard InChI is InChI=1S/C26H45N5O3/c1-33-23-10-8-19(9-11-23)21-16-28-26(29-17-21)30-22-6-2-5-20(15-22)25(32)31(13-4-12-27)18-24-7-3-14-34-24/h19-24,26,28-30H,2-11,13-18H2,1H3. The minimum Gasteiger partial charge on any atom is -0.381 e. The lowest BCUT2D eigenvalue weighted by Gasteiger charge is -2.41. The van der Waals surface area contributed by atoms with E-state index in [0.717, 1.165) is 64.1 Å². The van der Waals surface area contributed by atoms with Gasteiger partial charge in [-0.1, -0.05) is 6.42 Å². The van der Waals surface area contributed by atoms with Crippen LogP contribution >= 0.6 is 0 Å². The summed E-state index contributed by atoms with van der Waals surface area (Å²) in [5.74, 6) is 1.72. The van der Waals surface area contributed by atoms with Crippen molar-refractivity contribution in [3.63, 3.8) is 0 Å². The van der Waals surface area contributed by atoms with Crippen molar-refractivity contribution in [3.05, 3.63) is 0 Å². The molecule has 4 fully saturated rings. The molecular formula is C26H45N5O3. The van der Waals surface area contributed by atoms with Gasteiger partial charge in [0.1, 0.15) is 6.29 Å². The summed E-state index contributed by atoms with van der Waals surface area (Å²) in [5, 5.41) is 20.2. The van der Waals surface area contributed by atoms with Crippen molar-refractivity contribution in [2.75, 3.05) is 39.9 Å². The maximum absolute atomic E-state index is 13.4. The van der Waals surface area contributed by atoms with Crippen LogP contribution in [-0.4, -0.2) is 75.2 Å². The Morgan fingerprint density at radius 2 is 1.88 bits per heavy atom. The van der Waals surface area contributed by atoms with Crippen molar-refractivity contribution in [2.45, 2.75) is 95.2 Å². The number of ether oxygens (including phenoxy) is 2. The van der Waals surface area contributed by atoms with E-state index in [-0.39, 0.29) is 24.2 Å². The van der Waals surface area contributed by atoms with E-state index in [1.165, 1.54) is 25.7 Å². The molecule has 2 heterocycles. The third kappa shape index (κ3) is 7.14. The molecule has 2 saturated heterocycles. The van der Waals surface area contributed by atoms with Crippen LogP contribution in [0, 0.1) is 29.1 Å². The molecule has 192 valence electrons. The molecular weight excluding hydrogens is 430 g/mol. The highest BCUT2D eigenvalue weighted by molar-refractivity contribution is 5.79. The van der Waals surface area contributed by atoms with Crippen molar-refractivity contribution in [1.29, 1.82) is 5.26 Å². The van der Waals surface area contributed by atoms with E-state index in [4.69, 9.17) is 14.7 Å². The van der Waals surface area contributed by atoms with Crippen molar-refractivity contribution in [2.24, 2.45) is 17.8 Å². The number of nitriles is 1. The zero-order valence-corrected chi connectivity index (χ0v) is 21.0. The summed E-state index contributed by atoms with van der Waals surface area (Å²) in [7, 11) is 1.84. The number of nitrogens with one attached hydrogen (secondary N) is 3. The summed E-state index contributed by atoms with van der Waals surface area (Å²) >= 11 is 0. The maximum Gasteiger partial charge on any atom is 0.225 e. The molecule has 8 heteroatoms. The second-order valence-corrected chi connectivity index (χ2v) is 10.8. The Balaban J connectivity index is 1.22. The first-order chi connectivity index (χ1) is 16.7. The summed E-state index contributed by atoms with van der Waals surface area (Å²) in [4.78, 5) is 15.3.